The van der Waals surface area contributed by atoms with Gasteiger partial charge in [-0.3, -0.25) is 9.69 Å². The van der Waals surface area contributed by atoms with Crippen LogP contribution in [0.4, 0.5) is 15.9 Å². The molecule has 1 aromatic carbocycles. The average Bonchev–Trinajstić information content (AvgIpc) is 3.70. The monoisotopic (exact) mass is 553 g/mol. The van der Waals surface area contributed by atoms with Gasteiger partial charge in [0.1, 0.15) is 23.1 Å². The summed E-state index contributed by atoms with van der Waals surface area (Å²) in [5.74, 6) is 0.479. The van der Waals surface area contributed by atoms with Gasteiger partial charge in [0.2, 0.25) is 5.52 Å². The lowest BCUT2D eigenvalue weighted by Gasteiger charge is -2.48. The fraction of sp³-hybridized carbons (Fsp3) is 0.367. The third kappa shape index (κ3) is 4.43. The molecule has 3 aromatic heterocycles. The van der Waals surface area contributed by atoms with Gasteiger partial charge >= 0.3 is 0 Å². The van der Waals surface area contributed by atoms with E-state index in [4.69, 9.17) is 11.6 Å². The molecule has 6 rings (SSSR count). The first-order valence-corrected chi connectivity index (χ1v) is 14.2. The molecule has 1 aliphatic carbocycles. The SMILES string of the molecule is [C-]#[N+]c1ccc2c(n1)c(N1C[C@@H](C)N(C(c3ccc(F)cc3)c3csc(C4CC4)n3)C[C@@H]1C)c(C#N)c(=O)n2C. The number of pyridine rings is 2. The fourth-order valence-electron chi connectivity index (χ4n) is 5.77. The van der Waals surface area contributed by atoms with E-state index in [0.717, 1.165) is 16.3 Å². The number of nitrogens with zero attached hydrogens (tertiary/aromatic N) is 7. The minimum Gasteiger partial charge on any atom is -0.361 e. The Balaban J connectivity index is 1.42. The van der Waals surface area contributed by atoms with Gasteiger partial charge < -0.3 is 14.3 Å². The Hall–Kier alpha value is -4.12. The molecule has 0 bridgehead atoms. The fourth-order valence-corrected chi connectivity index (χ4v) is 6.78. The first-order chi connectivity index (χ1) is 19.3. The molecule has 1 aliphatic heterocycles. The van der Waals surface area contributed by atoms with E-state index in [2.05, 4.69) is 44.9 Å². The molecule has 4 heterocycles. The van der Waals surface area contributed by atoms with Gasteiger partial charge in [-0.25, -0.2) is 9.37 Å². The van der Waals surface area contributed by atoms with Crippen molar-refractivity contribution in [1.29, 1.82) is 5.26 Å². The molecule has 0 amide bonds. The number of piperazine rings is 1. The molecule has 10 heteroatoms. The van der Waals surface area contributed by atoms with Gasteiger partial charge in [-0.05, 0) is 56.5 Å². The van der Waals surface area contributed by atoms with Crippen molar-refractivity contribution in [3.05, 3.63) is 91.2 Å². The maximum Gasteiger partial charge on any atom is 0.271 e. The summed E-state index contributed by atoms with van der Waals surface area (Å²) in [5, 5.41) is 13.4. The van der Waals surface area contributed by atoms with Crippen molar-refractivity contribution in [2.75, 3.05) is 18.0 Å². The highest BCUT2D eigenvalue weighted by Gasteiger charge is 2.39. The Morgan fingerprint density at radius 1 is 1.12 bits per heavy atom. The summed E-state index contributed by atoms with van der Waals surface area (Å²) < 4.78 is 15.3. The second kappa shape index (κ2) is 10.1. The third-order valence-corrected chi connectivity index (χ3v) is 9.04. The van der Waals surface area contributed by atoms with Gasteiger partial charge in [-0.1, -0.05) is 18.7 Å². The van der Waals surface area contributed by atoms with E-state index >= 15 is 0 Å². The summed E-state index contributed by atoms with van der Waals surface area (Å²) in [6.07, 6.45) is 2.35. The van der Waals surface area contributed by atoms with Crippen LogP contribution in [0.15, 0.2) is 46.6 Å². The lowest BCUT2D eigenvalue weighted by molar-refractivity contribution is 0.128. The number of anilines is 1. The van der Waals surface area contributed by atoms with Crippen LogP contribution in [0.3, 0.4) is 0 Å². The van der Waals surface area contributed by atoms with E-state index in [0.29, 0.717) is 35.7 Å². The second-order valence-corrected chi connectivity index (χ2v) is 11.6. The third-order valence-electron chi connectivity index (χ3n) is 8.01. The summed E-state index contributed by atoms with van der Waals surface area (Å²) in [5.41, 5.74) is 3.11. The molecular formula is C30H28FN7OS. The van der Waals surface area contributed by atoms with Crippen LogP contribution in [0.2, 0.25) is 0 Å². The smallest absolute Gasteiger partial charge is 0.271 e. The minimum atomic E-state index is -0.385. The van der Waals surface area contributed by atoms with Gasteiger partial charge in [-0.2, -0.15) is 5.26 Å². The highest BCUT2D eigenvalue weighted by Crippen LogP contribution is 2.44. The predicted molar refractivity (Wildman–Crippen MR) is 153 cm³/mol. The zero-order valence-electron chi connectivity index (χ0n) is 22.5. The number of nitriles is 1. The molecule has 8 nitrogen and oxygen atoms in total. The van der Waals surface area contributed by atoms with Gasteiger partial charge in [0.15, 0.2) is 0 Å². The second-order valence-electron chi connectivity index (χ2n) is 10.7. The first kappa shape index (κ1) is 26.1. The van der Waals surface area contributed by atoms with Crippen molar-refractivity contribution in [2.24, 2.45) is 7.05 Å². The maximum absolute atomic E-state index is 13.9. The van der Waals surface area contributed by atoms with E-state index in [1.54, 1.807) is 30.5 Å². The van der Waals surface area contributed by atoms with Crippen molar-refractivity contribution in [3.63, 3.8) is 0 Å². The molecule has 202 valence electrons. The molecule has 3 atom stereocenters. The molecule has 0 radical (unpaired) electrons. The Bertz CT molecular complexity index is 1750. The lowest BCUT2D eigenvalue weighted by Crippen LogP contribution is -2.58. The van der Waals surface area contributed by atoms with Crippen molar-refractivity contribution >= 4 is 33.9 Å². The van der Waals surface area contributed by atoms with Gasteiger partial charge in [0.05, 0.1) is 22.3 Å². The van der Waals surface area contributed by atoms with Crippen LogP contribution < -0.4 is 10.5 Å². The largest absolute Gasteiger partial charge is 0.361 e. The molecule has 2 fully saturated rings. The minimum absolute atomic E-state index is 0.00738. The first-order valence-electron chi connectivity index (χ1n) is 13.3. The van der Waals surface area contributed by atoms with Crippen LogP contribution in [0, 0.1) is 23.7 Å². The van der Waals surface area contributed by atoms with Crippen LogP contribution in [0.1, 0.15) is 60.5 Å². The van der Waals surface area contributed by atoms with E-state index in [9.17, 15) is 14.4 Å². The van der Waals surface area contributed by atoms with Crippen molar-refractivity contribution in [2.45, 2.75) is 50.7 Å². The highest BCUT2D eigenvalue weighted by molar-refractivity contribution is 7.09. The maximum atomic E-state index is 13.9. The molecule has 1 saturated heterocycles. The van der Waals surface area contributed by atoms with Gasteiger partial charge in [0.25, 0.3) is 11.4 Å². The zero-order valence-corrected chi connectivity index (χ0v) is 23.3. The van der Waals surface area contributed by atoms with Crippen LogP contribution in [0.25, 0.3) is 15.9 Å². The molecule has 2 aliphatic rings. The Morgan fingerprint density at radius 3 is 2.55 bits per heavy atom. The number of rotatable bonds is 5. The Labute approximate surface area is 235 Å². The van der Waals surface area contributed by atoms with Gasteiger partial charge in [-0.15, -0.1) is 16.3 Å². The Morgan fingerprint density at radius 2 is 1.88 bits per heavy atom. The highest BCUT2D eigenvalue weighted by atomic mass is 32.1. The molecule has 40 heavy (non-hydrogen) atoms. The molecule has 0 N–H and O–H groups in total. The molecule has 0 spiro atoms. The molecule has 1 saturated carbocycles. The number of aryl methyl sites for hydroxylation is 1. The summed E-state index contributed by atoms with van der Waals surface area (Å²) >= 11 is 1.69. The van der Waals surface area contributed by atoms with Crippen molar-refractivity contribution in [1.82, 2.24) is 19.4 Å². The number of halogens is 1. The number of aromatic nitrogens is 3. The average molecular weight is 554 g/mol. The number of fused-ring (bicyclic) bond motifs is 1. The van der Waals surface area contributed by atoms with Gasteiger partial charge in [0, 0.05) is 43.5 Å². The predicted octanol–water partition coefficient (Wildman–Crippen LogP) is 5.52. The number of hydrogen-bond acceptors (Lipinski definition) is 7. The number of thiazole rings is 1. The van der Waals surface area contributed by atoms with Crippen molar-refractivity contribution in [3.8, 4) is 6.07 Å². The molecule has 1 unspecified atom stereocenters. The van der Waals surface area contributed by atoms with E-state index in [1.165, 1.54) is 29.5 Å². The normalized spacial score (nSPS) is 20.3. The summed E-state index contributed by atoms with van der Waals surface area (Å²) in [6, 6.07) is 11.8. The molecule has 4 aromatic rings. The number of hydrogen-bond donors (Lipinski definition) is 0. The summed E-state index contributed by atoms with van der Waals surface area (Å²) in [7, 11) is 1.62. The Kier molecular flexibility index (Phi) is 6.61. The van der Waals surface area contributed by atoms with Crippen LogP contribution >= 0.6 is 11.3 Å². The zero-order chi connectivity index (χ0) is 28.1. The summed E-state index contributed by atoms with van der Waals surface area (Å²) in [4.78, 5) is 30.8. The quantitative estimate of drug-likeness (QED) is 0.303. The van der Waals surface area contributed by atoms with E-state index < -0.39 is 0 Å². The standard InChI is InChI=1S/C30H28FN7OS/c1-17-15-38(28-22(13-32)30(39)36(4)24-11-12-25(33-3)35-26(24)28)18(2)14-37(17)27(19-7-9-21(31)10-8-19)23-16-40-29(34-23)20-5-6-20/h7-12,16-18,20,27H,5-6,14-15H2,1-2,4H3/t17-,18+,27?/m1/s1. The summed E-state index contributed by atoms with van der Waals surface area (Å²) in [6.45, 7) is 12.8. The van der Waals surface area contributed by atoms with E-state index in [-0.39, 0.29) is 40.9 Å². The molecular weight excluding hydrogens is 525 g/mol. The topological polar surface area (TPSA) is 82.4 Å². The van der Waals surface area contributed by atoms with Crippen LogP contribution in [-0.2, 0) is 7.05 Å². The lowest BCUT2D eigenvalue weighted by atomic mass is 9.96. The van der Waals surface area contributed by atoms with Crippen LogP contribution in [-0.4, -0.2) is 44.6 Å². The van der Waals surface area contributed by atoms with Crippen molar-refractivity contribution < 1.29 is 4.39 Å². The number of benzene rings is 1. The van der Waals surface area contributed by atoms with E-state index in [1.807, 2.05) is 12.1 Å². The van der Waals surface area contributed by atoms with Crippen LogP contribution in [0.5, 0.6) is 0 Å².